The molecular formula is C10H3BrCl2O2. The van der Waals surface area contributed by atoms with E-state index in [4.69, 9.17) is 23.2 Å². The van der Waals surface area contributed by atoms with Crippen LogP contribution in [0.15, 0.2) is 32.7 Å². The fourth-order valence-electron chi connectivity index (χ4n) is 1.37. The van der Waals surface area contributed by atoms with Gasteiger partial charge in [0.05, 0.1) is 0 Å². The fraction of sp³-hybridized carbons (Fsp3) is 0. The Morgan fingerprint density at radius 3 is 2.27 bits per heavy atom. The molecule has 1 aromatic carbocycles. The molecule has 15 heavy (non-hydrogen) atoms. The van der Waals surface area contributed by atoms with E-state index in [0.717, 1.165) is 0 Å². The van der Waals surface area contributed by atoms with Crippen molar-refractivity contribution in [2.24, 2.45) is 0 Å². The van der Waals surface area contributed by atoms with Crippen LogP contribution in [-0.2, 0) is 0 Å². The third-order valence-electron chi connectivity index (χ3n) is 2.08. The second-order valence-corrected chi connectivity index (χ2v) is 4.56. The second kappa shape index (κ2) is 3.74. The number of allylic oxidation sites excluding steroid dienone is 2. The summed E-state index contributed by atoms with van der Waals surface area (Å²) in [5.74, 6) is -0.846. The molecule has 0 aromatic heterocycles. The van der Waals surface area contributed by atoms with Gasteiger partial charge in [-0.2, -0.15) is 0 Å². The Balaban J connectivity index is 2.79. The molecule has 0 amide bonds. The van der Waals surface area contributed by atoms with E-state index in [0.29, 0.717) is 4.47 Å². The van der Waals surface area contributed by atoms with Crippen LogP contribution >= 0.6 is 39.1 Å². The zero-order chi connectivity index (χ0) is 11.2. The Kier molecular flexibility index (Phi) is 2.71. The molecule has 5 heteroatoms. The van der Waals surface area contributed by atoms with E-state index >= 15 is 0 Å². The highest BCUT2D eigenvalue weighted by Gasteiger charge is 2.31. The van der Waals surface area contributed by atoms with Gasteiger partial charge in [-0.1, -0.05) is 51.3 Å². The predicted molar refractivity (Wildman–Crippen MR) is 61.5 cm³/mol. The molecule has 1 aromatic rings. The van der Waals surface area contributed by atoms with Gasteiger partial charge in [-0.25, -0.2) is 0 Å². The van der Waals surface area contributed by atoms with Crippen molar-refractivity contribution in [3.8, 4) is 0 Å². The zero-order valence-electron chi connectivity index (χ0n) is 7.18. The molecule has 0 unspecified atom stereocenters. The highest BCUT2D eigenvalue weighted by molar-refractivity contribution is 9.10. The van der Waals surface area contributed by atoms with Gasteiger partial charge >= 0.3 is 0 Å². The maximum atomic E-state index is 11.7. The first-order valence-corrected chi connectivity index (χ1v) is 5.52. The number of fused-ring (bicyclic) bond motifs is 1. The molecule has 76 valence electrons. The number of ketones is 2. The molecule has 2 nitrogen and oxygen atoms in total. The Bertz CT molecular complexity index is 520. The van der Waals surface area contributed by atoms with Gasteiger partial charge in [0.2, 0.25) is 11.6 Å². The molecule has 0 heterocycles. The summed E-state index contributed by atoms with van der Waals surface area (Å²) in [4.78, 5) is 23.4. The van der Waals surface area contributed by atoms with E-state index in [2.05, 4.69) is 15.9 Å². The molecule has 0 radical (unpaired) electrons. The predicted octanol–water partition coefficient (Wildman–Crippen LogP) is 3.52. The van der Waals surface area contributed by atoms with Crippen molar-refractivity contribution in [3.05, 3.63) is 43.9 Å². The fourth-order valence-corrected chi connectivity index (χ4v) is 2.29. The number of rotatable bonds is 0. The van der Waals surface area contributed by atoms with Crippen molar-refractivity contribution in [2.45, 2.75) is 0 Å². The lowest BCUT2D eigenvalue weighted by molar-refractivity contribution is 0.0986. The molecule has 1 aliphatic carbocycles. The van der Waals surface area contributed by atoms with Crippen LogP contribution in [0.4, 0.5) is 0 Å². The molecule has 0 fully saturated rings. The van der Waals surface area contributed by atoms with Gasteiger partial charge in [0.15, 0.2) is 0 Å². The van der Waals surface area contributed by atoms with E-state index in [9.17, 15) is 9.59 Å². The molecule has 2 rings (SSSR count). The first-order valence-electron chi connectivity index (χ1n) is 3.97. The third-order valence-corrected chi connectivity index (χ3v) is 3.56. The van der Waals surface area contributed by atoms with Crippen LogP contribution in [0.1, 0.15) is 20.7 Å². The van der Waals surface area contributed by atoms with Crippen LogP contribution in [0.2, 0.25) is 0 Å². The lowest BCUT2D eigenvalue weighted by Crippen LogP contribution is -2.18. The van der Waals surface area contributed by atoms with Crippen molar-refractivity contribution < 1.29 is 9.59 Å². The van der Waals surface area contributed by atoms with Crippen molar-refractivity contribution in [1.82, 2.24) is 0 Å². The van der Waals surface area contributed by atoms with Gasteiger partial charge in [0, 0.05) is 15.6 Å². The van der Waals surface area contributed by atoms with Crippen molar-refractivity contribution in [1.29, 1.82) is 0 Å². The van der Waals surface area contributed by atoms with Crippen LogP contribution in [0.3, 0.4) is 0 Å². The summed E-state index contributed by atoms with van der Waals surface area (Å²) in [7, 11) is 0. The maximum absolute atomic E-state index is 11.7. The highest BCUT2D eigenvalue weighted by atomic mass is 79.9. The summed E-state index contributed by atoms with van der Waals surface area (Å²) in [6, 6.07) is 4.89. The van der Waals surface area contributed by atoms with Crippen LogP contribution < -0.4 is 0 Å². The van der Waals surface area contributed by atoms with E-state index in [1.54, 1.807) is 18.2 Å². The lowest BCUT2D eigenvalue weighted by Gasteiger charge is -2.14. The normalized spacial score (nSPS) is 15.7. The van der Waals surface area contributed by atoms with Crippen molar-refractivity contribution in [2.75, 3.05) is 0 Å². The quantitative estimate of drug-likeness (QED) is 0.735. The standard InChI is InChI=1S/C10H3BrCl2O2/c11-5-3-1-2-4-6(5)10(15)8(13)7(12)9(4)14/h1-3H. The first-order chi connectivity index (χ1) is 7.04. The minimum atomic E-state index is -0.427. The molecule has 0 saturated heterocycles. The van der Waals surface area contributed by atoms with Crippen molar-refractivity contribution >= 4 is 50.7 Å². The SMILES string of the molecule is O=C1C(Cl)=C(Cl)C(=O)c2c(Br)cccc21. The first kappa shape index (κ1) is 10.9. The van der Waals surface area contributed by atoms with Gasteiger partial charge in [-0.3, -0.25) is 9.59 Å². The van der Waals surface area contributed by atoms with E-state index < -0.39 is 11.6 Å². The zero-order valence-corrected chi connectivity index (χ0v) is 10.3. The summed E-state index contributed by atoms with van der Waals surface area (Å²) < 4.78 is 0.542. The Morgan fingerprint density at radius 1 is 1.00 bits per heavy atom. The average Bonchev–Trinajstić information content (AvgIpc) is 2.23. The molecular weight excluding hydrogens is 303 g/mol. The molecule has 0 saturated carbocycles. The minimum absolute atomic E-state index is 0.215. The highest BCUT2D eigenvalue weighted by Crippen LogP contribution is 2.34. The van der Waals surface area contributed by atoms with Crippen molar-refractivity contribution in [3.63, 3.8) is 0 Å². The topological polar surface area (TPSA) is 34.1 Å². The molecule has 0 bridgehead atoms. The molecule has 0 atom stereocenters. The van der Waals surface area contributed by atoms with Crippen LogP contribution in [0, 0.1) is 0 Å². The number of hydrogen-bond acceptors (Lipinski definition) is 2. The average molecular weight is 306 g/mol. The van der Waals surface area contributed by atoms with Gasteiger partial charge in [0.1, 0.15) is 10.1 Å². The number of benzene rings is 1. The second-order valence-electron chi connectivity index (χ2n) is 2.95. The van der Waals surface area contributed by atoms with E-state index in [1.165, 1.54) is 0 Å². The lowest BCUT2D eigenvalue weighted by atomic mass is 9.94. The number of carbonyl (C=O) groups is 2. The summed E-state index contributed by atoms with van der Waals surface area (Å²) in [6.45, 7) is 0. The van der Waals surface area contributed by atoms with Crippen LogP contribution in [0.5, 0.6) is 0 Å². The van der Waals surface area contributed by atoms with E-state index in [1.807, 2.05) is 0 Å². The Labute approximate surface area is 104 Å². The van der Waals surface area contributed by atoms with Gasteiger partial charge in [-0.15, -0.1) is 0 Å². The largest absolute Gasteiger partial charge is 0.288 e. The monoisotopic (exact) mass is 304 g/mol. The molecule has 0 spiro atoms. The minimum Gasteiger partial charge on any atom is -0.288 e. The number of hydrogen-bond donors (Lipinski definition) is 0. The number of halogens is 3. The Hall–Kier alpha value is -0.640. The summed E-state index contributed by atoms with van der Waals surface area (Å²) in [5.41, 5.74) is 0.556. The summed E-state index contributed by atoms with van der Waals surface area (Å²) >= 11 is 14.5. The summed E-state index contributed by atoms with van der Waals surface area (Å²) in [5, 5.41) is -0.437. The maximum Gasteiger partial charge on any atom is 0.207 e. The molecule has 1 aliphatic rings. The summed E-state index contributed by atoms with van der Waals surface area (Å²) in [6.07, 6.45) is 0. The van der Waals surface area contributed by atoms with Crippen LogP contribution in [0.25, 0.3) is 0 Å². The number of carbonyl (C=O) groups excluding carboxylic acids is 2. The smallest absolute Gasteiger partial charge is 0.207 e. The number of Topliss-reactive ketones (excluding diaryl/α,β-unsaturated/α-hetero) is 2. The van der Waals surface area contributed by atoms with Gasteiger partial charge < -0.3 is 0 Å². The van der Waals surface area contributed by atoms with E-state index in [-0.39, 0.29) is 21.2 Å². The van der Waals surface area contributed by atoms with Gasteiger partial charge in [-0.05, 0) is 6.07 Å². The molecule has 0 aliphatic heterocycles. The third kappa shape index (κ3) is 1.55. The van der Waals surface area contributed by atoms with Gasteiger partial charge in [0.25, 0.3) is 0 Å². The van der Waals surface area contributed by atoms with Crippen LogP contribution in [-0.4, -0.2) is 11.6 Å². The molecule has 0 N–H and O–H groups in total. The Morgan fingerprint density at radius 2 is 1.60 bits per heavy atom.